The van der Waals surface area contributed by atoms with Crippen molar-refractivity contribution in [3.8, 4) is 5.69 Å². The molecule has 4 rings (SSSR count). The van der Waals surface area contributed by atoms with Gasteiger partial charge in [-0.25, -0.2) is 8.78 Å². The van der Waals surface area contributed by atoms with E-state index in [4.69, 9.17) is 0 Å². The molecule has 3 nitrogen and oxygen atoms in total. The Morgan fingerprint density at radius 2 is 1.62 bits per heavy atom. The number of thioether (sulfide) groups is 1. The molecule has 0 aliphatic carbocycles. The zero-order valence-corrected chi connectivity index (χ0v) is 16.7. The first-order valence-electron chi connectivity index (χ1n) is 9.23. The maximum absolute atomic E-state index is 14.0. The smallest absolute Gasteiger partial charge is 0.196 e. The van der Waals surface area contributed by atoms with Crippen LogP contribution in [0.15, 0.2) is 78.0 Å². The first kappa shape index (κ1) is 19.3. The molecule has 0 bridgehead atoms. The van der Waals surface area contributed by atoms with Gasteiger partial charge in [0.1, 0.15) is 5.82 Å². The fourth-order valence-electron chi connectivity index (χ4n) is 3.04. The second kappa shape index (κ2) is 8.57. The van der Waals surface area contributed by atoms with Gasteiger partial charge in [0.25, 0.3) is 0 Å². The molecular formula is C23H19F2N3S. The van der Waals surface area contributed by atoms with E-state index in [0.717, 1.165) is 28.7 Å². The van der Waals surface area contributed by atoms with E-state index < -0.39 is 11.6 Å². The minimum absolute atomic E-state index is 0.263. The Labute approximate surface area is 172 Å². The fourth-order valence-corrected chi connectivity index (χ4v) is 3.99. The lowest BCUT2D eigenvalue weighted by Crippen LogP contribution is -2.04. The van der Waals surface area contributed by atoms with Crippen LogP contribution in [0.1, 0.15) is 22.5 Å². The highest BCUT2D eigenvalue weighted by Crippen LogP contribution is 2.27. The van der Waals surface area contributed by atoms with Crippen LogP contribution in [0.25, 0.3) is 5.69 Å². The molecule has 0 N–H and O–H groups in total. The second-order valence-corrected chi connectivity index (χ2v) is 7.68. The minimum Gasteiger partial charge on any atom is -0.274 e. The molecule has 0 radical (unpaired) electrons. The van der Waals surface area contributed by atoms with Crippen LogP contribution in [-0.4, -0.2) is 14.8 Å². The van der Waals surface area contributed by atoms with Crippen molar-refractivity contribution in [3.63, 3.8) is 0 Å². The van der Waals surface area contributed by atoms with Crippen molar-refractivity contribution < 1.29 is 8.78 Å². The molecule has 146 valence electrons. The van der Waals surface area contributed by atoms with Gasteiger partial charge in [-0.1, -0.05) is 71.9 Å². The van der Waals surface area contributed by atoms with Crippen molar-refractivity contribution in [2.45, 2.75) is 24.3 Å². The number of hydrogen-bond donors (Lipinski definition) is 0. The van der Waals surface area contributed by atoms with Gasteiger partial charge < -0.3 is 0 Å². The number of rotatable bonds is 6. The van der Waals surface area contributed by atoms with Crippen LogP contribution in [0.4, 0.5) is 8.78 Å². The van der Waals surface area contributed by atoms with Gasteiger partial charge in [-0.15, -0.1) is 10.2 Å². The largest absolute Gasteiger partial charge is 0.274 e. The molecular weight excluding hydrogens is 388 g/mol. The van der Waals surface area contributed by atoms with Crippen LogP contribution in [0, 0.1) is 18.6 Å². The number of aryl methyl sites for hydroxylation is 1. The van der Waals surface area contributed by atoms with Crippen LogP contribution in [-0.2, 0) is 12.2 Å². The molecule has 0 aliphatic heterocycles. The van der Waals surface area contributed by atoms with E-state index in [0.29, 0.717) is 17.1 Å². The third-order valence-corrected chi connectivity index (χ3v) is 5.56. The van der Waals surface area contributed by atoms with Gasteiger partial charge in [0, 0.05) is 23.4 Å². The first-order chi connectivity index (χ1) is 14.1. The Bertz CT molecular complexity index is 1110. The lowest BCUT2D eigenvalue weighted by atomic mass is 10.1. The van der Waals surface area contributed by atoms with Crippen LogP contribution in [0.5, 0.6) is 0 Å². The molecule has 0 unspecified atom stereocenters. The zero-order chi connectivity index (χ0) is 20.2. The van der Waals surface area contributed by atoms with E-state index >= 15 is 0 Å². The molecule has 0 fully saturated rings. The summed E-state index contributed by atoms with van der Waals surface area (Å²) in [5.41, 5.74) is 3.52. The zero-order valence-electron chi connectivity index (χ0n) is 15.8. The topological polar surface area (TPSA) is 30.7 Å². The van der Waals surface area contributed by atoms with Crippen LogP contribution >= 0.6 is 11.8 Å². The highest BCUT2D eigenvalue weighted by Gasteiger charge is 2.16. The highest BCUT2D eigenvalue weighted by molar-refractivity contribution is 7.98. The molecule has 0 aliphatic rings. The van der Waals surface area contributed by atoms with Crippen molar-refractivity contribution in [3.05, 3.63) is 107 Å². The predicted octanol–water partition coefficient (Wildman–Crippen LogP) is 5.74. The third kappa shape index (κ3) is 4.38. The van der Waals surface area contributed by atoms with Crippen LogP contribution in [0.3, 0.4) is 0 Å². The molecule has 3 aromatic carbocycles. The van der Waals surface area contributed by atoms with Gasteiger partial charge in [-0.05, 0) is 30.7 Å². The molecule has 1 aromatic heterocycles. The number of nitrogens with zero attached hydrogens (tertiary/aromatic N) is 3. The Kier molecular flexibility index (Phi) is 5.71. The Morgan fingerprint density at radius 1 is 0.862 bits per heavy atom. The average molecular weight is 407 g/mol. The number of halogens is 2. The average Bonchev–Trinajstić information content (AvgIpc) is 3.13. The van der Waals surface area contributed by atoms with E-state index in [1.165, 1.54) is 17.8 Å². The maximum Gasteiger partial charge on any atom is 0.196 e. The summed E-state index contributed by atoms with van der Waals surface area (Å²) in [4.78, 5) is 0. The van der Waals surface area contributed by atoms with Crippen molar-refractivity contribution in [2.75, 3.05) is 0 Å². The molecule has 0 saturated heterocycles. The molecule has 1 heterocycles. The van der Waals surface area contributed by atoms with Crippen molar-refractivity contribution in [1.29, 1.82) is 0 Å². The van der Waals surface area contributed by atoms with E-state index in [1.54, 1.807) is 6.07 Å². The fraction of sp³-hybridized carbons (Fsp3) is 0.130. The van der Waals surface area contributed by atoms with Gasteiger partial charge in [0.2, 0.25) is 0 Å². The van der Waals surface area contributed by atoms with Gasteiger partial charge >= 0.3 is 0 Å². The normalized spacial score (nSPS) is 11.0. The Hall–Kier alpha value is -2.99. The summed E-state index contributed by atoms with van der Waals surface area (Å²) in [7, 11) is 0. The minimum atomic E-state index is -0.840. The quantitative estimate of drug-likeness (QED) is 0.382. The molecule has 0 atom stereocenters. The Morgan fingerprint density at radius 3 is 2.38 bits per heavy atom. The van der Waals surface area contributed by atoms with Gasteiger partial charge in [-0.3, -0.25) is 4.57 Å². The highest BCUT2D eigenvalue weighted by atomic mass is 32.2. The molecule has 0 spiro atoms. The number of benzene rings is 3. The molecule has 0 saturated carbocycles. The van der Waals surface area contributed by atoms with Crippen molar-refractivity contribution in [1.82, 2.24) is 14.8 Å². The van der Waals surface area contributed by atoms with Crippen LogP contribution < -0.4 is 0 Å². The number of hydrogen-bond acceptors (Lipinski definition) is 3. The summed E-state index contributed by atoms with van der Waals surface area (Å²) < 4.78 is 29.5. The predicted molar refractivity (Wildman–Crippen MR) is 111 cm³/mol. The van der Waals surface area contributed by atoms with E-state index in [9.17, 15) is 8.78 Å². The van der Waals surface area contributed by atoms with E-state index in [1.807, 2.05) is 66.1 Å². The van der Waals surface area contributed by atoms with E-state index in [2.05, 4.69) is 10.2 Å². The van der Waals surface area contributed by atoms with E-state index in [-0.39, 0.29) is 5.75 Å². The van der Waals surface area contributed by atoms with Gasteiger partial charge in [0.05, 0.1) is 0 Å². The summed E-state index contributed by atoms with van der Waals surface area (Å²) in [6.45, 7) is 2.03. The van der Waals surface area contributed by atoms with Gasteiger partial charge in [-0.2, -0.15) is 0 Å². The molecule has 0 amide bonds. The standard InChI is InChI=1S/C23H19F2N3S/c1-16-10-12-19(13-11-16)28-21(14-17-6-3-2-4-7-17)26-27-23(28)29-15-18-8-5-9-20(24)22(18)25/h2-13H,14-15H2,1H3. The maximum atomic E-state index is 14.0. The first-order valence-corrected chi connectivity index (χ1v) is 10.2. The van der Waals surface area contributed by atoms with Crippen LogP contribution in [0.2, 0.25) is 0 Å². The summed E-state index contributed by atoms with van der Waals surface area (Å²) in [6.07, 6.45) is 0.622. The molecule has 6 heteroatoms. The molecule has 29 heavy (non-hydrogen) atoms. The summed E-state index contributed by atoms with van der Waals surface area (Å²) in [6, 6.07) is 22.4. The van der Waals surface area contributed by atoms with Gasteiger partial charge in [0.15, 0.2) is 16.8 Å². The summed E-state index contributed by atoms with van der Waals surface area (Å²) in [5.74, 6) is -0.597. The lowest BCUT2D eigenvalue weighted by molar-refractivity contribution is 0.502. The number of aromatic nitrogens is 3. The SMILES string of the molecule is Cc1ccc(-n2c(Cc3ccccc3)nnc2SCc2cccc(F)c2F)cc1. The summed E-state index contributed by atoms with van der Waals surface area (Å²) in [5, 5.41) is 9.37. The Balaban J connectivity index is 1.67. The third-order valence-electron chi connectivity index (χ3n) is 4.59. The summed E-state index contributed by atoms with van der Waals surface area (Å²) >= 11 is 1.34. The molecule has 4 aromatic rings. The second-order valence-electron chi connectivity index (χ2n) is 6.73. The van der Waals surface area contributed by atoms with Crippen molar-refractivity contribution in [2.24, 2.45) is 0 Å². The van der Waals surface area contributed by atoms with Crippen molar-refractivity contribution >= 4 is 11.8 Å². The lowest BCUT2D eigenvalue weighted by Gasteiger charge is -2.11. The monoisotopic (exact) mass is 407 g/mol.